The number of cyclic esters (lactones) is 2. The van der Waals surface area contributed by atoms with Gasteiger partial charge in [0.05, 0.1) is 46.8 Å². The number of alkyl halides is 8. The Morgan fingerprint density at radius 1 is 0.331 bits per heavy atom. The number of hydrogen-bond donors (Lipinski definition) is 0. The number of esters is 8. The van der Waals surface area contributed by atoms with Gasteiger partial charge in [-0.05, 0) is 98.5 Å². The lowest BCUT2D eigenvalue weighted by atomic mass is 9.88. The van der Waals surface area contributed by atoms with E-state index in [0.29, 0.717) is 47.5 Å². The van der Waals surface area contributed by atoms with Crippen molar-refractivity contribution in [1.29, 1.82) is 0 Å². The molecule has 728 valence electrons. The molecule has 28 nitrogen and oxygen atoms in total. The summed E-state index contributed by atoms with van der Waals surface area (Å²) in [5, 5.41) is 32.0. The van der Waals surface area contributed by atoms with Crippen LogP contribution in [-0.4, -0.2) is 156 Å². The van der Waals surface area contributed by atoms with Gasteiger partial charge >= 0.3 is 68.8 Å². The lowest BCUT2D eigenvalue weighted by Gasteiger charge is -2.26. The second-order valence-corrected chi connectivity index (χ2v) is 37.1. The van der Waals surface area contributed by atoms with Gasteiger partial charge in [0.2, 0.25) is 12.2 Å². The van der Waals surface area contributed by atoms with E-state index in [1.54, 1.807) is 0 Å². The summed E-state index contributed by atoms with van der Waals surface area (Å²) in [5.74, 6) is -11.1. The van der Waals surface area contributed by atoms with Crippen molar-refractivity contribution in [2.75, 3.05) is 50.7 Å². The third kappa shape index (κ3) is 39.8. The van der Waals surface area contributed by atoms with Crippen LogP contribution < -0.4 is 21.0 Å². The second kappa shape index (κ2) is 65.5. The van der Waals surface area contributed by atoms with Crippen LogP contribution in [0.4, 0.5) is 35.1 Å². The Kier molecular flexibility index (Phi) is 60.9. The van der Waals surface area contributed by atoms with E-state index in [9.17, 15) is 94.5 Å². The molecular weight excluding hydrogens is 1890 g/mol. The number of halogens is 8. The molecule has 8 aliphatic rings. The second-order valence-electron chi connectivity index (χ2n) is 25.7. The van der Waals surface area contributed by atoms with E-state index in [0.717, 1.165) is 0 Å². The molecule has 0 radical (unpaired) electrons. The van der Waals surface area contributed by atoms with Gasteiger partial charge in [0.25, 0.3) is 0 Å². The summed E-state index contributed by atoms with van der Waals surface area (Å²) in [6.07, 6.45) is 9.95. The molecule has 4 saturated heterocycles. The minimum atomic E-state index is -4.15. The van der Waals surface area contributed by atoms with Crippen molar-refractivity contribution in [3.63, 3.8) is 0 Å². The molecule has 4 bridgehead atoms. The molecule has 0 amide bonds. The number of fused-ring (bicyclic) bond motifs is 2. The molecule has 4 aliphatic carbocycles. The van der Waals surface area contributed by atoms with E-state index in [1.165, 1.54) is 29.4 Å². The molecule has 44 heteroatoms. The third-order valence-electron chi connectivity index (χ3n) is 18.0. The van der Waals surface area contributed by atoms with Gasteiger partial charge in [-0.15, -0.1) is 0 Å². The highest BCUT2D eigenvalue weighted by Crippen LogP contribution is 2.57. The van der Waals surface area contributed by atoms with Crippen molar-refractivity contribution in [2.45, 2.75) is 209 Å². The molecule has 0 N–H and O–H groups in total. The Hall–Kier alpha value is -7.16. The highest BCUT2D eigenvalue weighted by Gasteiger charge is 2.66. The zero-order valence-corrected chi connectivity index (χ0v) is 81.2. The van der Waals surface area contributed by atoms with E-state index in [-0.39, 0.29) is 95.3 Å². The standard InChI is InChI=1S/2C13H13S.2C10H10F2O7S.2C8H11S.2C6H6F2O7S.6C2H6/c2*1-14(12-8-4-2-5-9-12)13-10-6-3-7-11-13;2*11-10(12,20-19-18-15)9(14)17-6-3-1-4-5(2-3)8(13)16-7(4)6;2*1-9(2)8-6-4-3-5-7-8;2*7-6(8,16-15-14-11)5(10)13-3-1-2-12-4(3)9;6*1-2/h2*2-11H,1H3;2*3-7,15H,1-2H2;2*3-7H,1-2H3;2*3,11H,1-2H2;6*1-2H3/q2*+1;;;2*+1;;;;;;;;/p-4. The molecule has 14 rings (SSSR count). The Balaban J connectivity index is 0.000000738. The van der Waals surface area contributed by atoms with Crippen LogP contribution in [-0.2, 0) is 157 Å². The van der Waals surface area contributed by atoms with Crippen LogP contribution in [0, 0.1) is 35.5 Å². The van der Waals surface area contributed by atoms with Crippen LogP contribution in [0.25, 0.3) is 0 Å². The average Bonchev–Trinajstić information content (AvgIpc) is 1.58. The summed E-state index contributed by atoms with van der Waals surface area (Å²) >= 11 is -3.13. The highest BCUT2D eigenvalue weighted by molar-refractivity contribution is 7.98. The van der Waals surface area contributed by atoms with Crippen molar-refractivity contribution in [3.05, 3.63) is 182 Å². The summed E-state index contributed by atoms with van der Waals surface area (Å²) in [4.78, 5) is 97.5. The first-order valence-electron chi connectivity index (χ1n) is 40.6. The Morgan fingerprint density at radius 3 is 0.738 bits per heavy atom. The van der Waals surface area contributed by atoms with Gasteiger partial charge in [-0.25, -0.2) is 28.8 Å². The number of hydrogen-bond acceptors (Lipinski definition) is 32. The molecule has 130 heavy (non-hydrogen) atoms. The fourth-order valence-electron chi connectivity index (χ4n) is 12.6. The first-order chi connectivity index (χ1) is 62.2. The first kappa shape index (κ1) is 121. The molecule has 4 heterocycles. The molecule has 4 aliphatic heterocycles. The molecule has 12 unspecified atom stereocenters. The predicted molar refractivity (Wildman–Crippen MR) is 470 cm³/mol. The van der Waals surface area contributed by atoms with Crippen LogP contribution in [0.15, 0.2) is 211 Å². The van der Waals surface area contributed by atoms with E-state index >= 15 is 0 Å². The molecule has 4 saturated carbocycles. The summed E-state index contributed by atoms with van der Waals surface area (Å²) in [6.45, 7) is 24.0. The van der Waals surface area contributed by atoms with Gasteiger partial charge in [0.1, 0.15) is 110 Å². The van der Waals surface area contributed by atoms with Crippen molar-refractivity contribution >= 4 is 140 Å². The zero-order chi connectivity index (χ0) is 98.3. The molecule has 6 aromatic rings. The lowest BCUT2D eigenvalue weighted by Crippen LogP contribution is -2.40. The van der Waals surface area contributed by atoms with Gasteiger partial charge < -0.3 is 58.9 Å². The quantitative estimate of drug-likeness (QED) is 0.00925. The number of rotatable bonds is 26. The summed E-state index contributed by atoms with van der Waals surface area (Å²) < 4.78 is 154. The third-order valence-corrected chi connectivity index (χ3v) is 26.4. The molecule has 0 spiro atoms. The number of ether oxygens (including phenoxy) is 8. The fourth-order valence-corrected chi connectivity index (χ4v) is 17.7. The maximum Gasteiger partial charge on any atom is 0.415 e. The number of carbonyl (C=O) groups is 8. The van der Waals surface area contributed by atoms with E-state index in [2.05, 4.69) is 276 Å². The number of benzene rings is 6. The first-order valence-corrected chi connectivity index (χ1v) is 50.9. The molecular formula is C86H112F8O28S8. The molecule has 8 fully saturated rings. The Morgan fingerprint density at radius 2 is 0.546 bits per heavy atom. The maximum absolute atomic E-state index is 13.3. The highest BCUT2D eigenvalue weighted by atomic mass is 32.2. The normalized spacial score (nSPS) is 20.8. The van der Waals surface area contributed by atoms with Crippen LogP contribution in [0.1, 0.15) is 122 Å². The van der Waals surface area contributed by atoms with Gasteiger partial charge in [-0.3, -0.25) is 29.7 Å². The summed E-state index contributed by atoms with van der Waals surface area (Å²) in [7, 11) is 1.25. The predicted octanol–water partition coefficient (Wildman–Crippen LogP) is 15.2. The van der Waals surface area contributed by atoms with E-state index < -0.39 is 142 Å². The summed E-state index contributed by atoms with van der Waals surface area (Å²) in [5.41, 5.74) is 0. The molecule has 6 aromatic carbocycles. The average molecular weight is 2000 g/mol. The van der Waals surface area contributed by atoms with Crippen LogP contribution in [0.3, 0.4) is 0 Å². The Bertz CT molecular complexity index is 3800. The van der Waals surface area contributed by atoms with Crippen LogP contribution >= 0.6 is 48.2 Å². The lowest BCUT2D eigenvalue weighted by molar-refractivity contribution is -0.777. The molecule has 12 atom stereocenters. The largest absolute Gasteiger partial charge is 0.691 e. The summed E-state index contributed by atoms with van der Waals surface area (Å²) in [6, 6.07) is 63.7. The van der Waals surface area contributed by atoms with Gasteiger partial charge in [0.15, 0.2) is 29.4 Å². The SMILES string of the molecule is CC.CC.CC.CC.CC.CC.C[S+](C)c1ccccc1.C[S+](C)c1ccccc1.C[S+](c1ccccc1)c1ccccc1.C[S+](c1ccccc1)c1ccccc1.O=C1OC2C3CC(CC13)C2OC(=O)C(F)(F)SOO[O-].O=C1OC2C3CC(CC13)C2OC(=O)C(F)(F)SOO[O-].O=C1OCCC1OC(=O)C(F)(F)SOO[O-].O=C1OCCC1OC(=O)C(F)(F)SOO[O-]. The van der Waals surface area contributed by atoms with Gasteiger partial charge in [0, 0.05) is 58.3 Å². The van der Waals surface area contributed by atoms with Crippen LogP contribution in [0.5, 0.6) is 0 Å². The van der Waals surface area contributed by atoms with E-state index in [4.69, 9.17) is 18.9 Å². The monoisotopic (exact) mass is 2000 g/mol. The minimum absolute atomic E-state index is 0.00420. The van der Waals surface area contributed by atoms with Crippen molar-refractivity contribution < 1.29 is 170 Å². The zero-order valence-electron chi connectivity index (χ0n) is 74.6. The number of carbonyl (C=O) groups excluding carboxylic acids is 8. The van der Waals surface area contributed by atoms with Crippen molar-refractivity contribution in [1.82, 2.24) is 0 Å². The topological polar surface area (TPSA) is 376 Å². The van der Waals surface area contributed by atoms with Crippen molar-refractivity contribution in [2.24, 2.45) is 35.5 Å². The fraction of sp³-hybridized carbons (Fsp3) is 0.488. The minimum Gasteiger partial charge on any atom is -0.691 e. The van der Waals surface area contributed by atoms with Crippen molar-refractivity contribution in [3.8, 4) is 0 Å². The molecule has 0 aromatic heterocycles. The smallest absolute Gasteiger partial charge is 0.415 e. The van der Waals surface area contributed by atoms with Gasteiger partial charge in [-0.1, -0.05) is 192 Å². The van der Waals surface area contributed by atoms with E-state index in [1.807, 2.05) is 83.1 Å². The Labute approximate surface area is 781 Å². The van der Waals surface area contributed by atoms with Crippen LogP contribution in [0.2, 0.25) is 0 Å². The van der Waals surface area contributed by atoms with Gasteiger partial charge in [-0.2, -0.15) is 52.5 Å². The maximum atomic E-state index is 13.3.